The fourth-order valence-corrected chi connectivity index (χ4v) is 3.90. The van der Waals surface area contributed by atoms with Gasteiger partial charge in [0.1, 0.15) is 5.82 Å². The van der Waals surface area contributed by atoms with Gasteiger partial charge in [0.05, 0.1) is 12.2 Å². The van der Waals surface area contributed by atoms with Crippen LogP contribution in [-0.2, 0) is 4.74 Å². The highest BCUT2D eigenvalue weighted by Crippen LogP contribution is 2.17. The second kappa shape index (κ2) is 11.2. The standard InChI is InChI=1S/C20H32FN5O.HI/c1-16-14-24(15-17(2)27-16)9-3-8-23-20(22)26-12-10-25(11-13-26)19-6-4-18(21)5-7-19;/h4-7,16-17H,3,8-15H2,1-2H3,(H2,22,23);1H. The first kappa shape index (κ1) is 23.2. The molecule has 2 unspecified atom stereocenters. The zero-order valence-electron chi connectivity index (χ0n) is 16.9. The molecule has 0 aromatic heterocycles. The molecular weight excluding hydrogens is 472 g/mol. The van der Waals surface area contributed by atoms with Gasteiger partial charge in [-0.15, -0.1) is 24.0 Å². The molecule has 0 saturated carbocycles. The molecule has 1 aromatic rings. The van der Waals surface area contributed by atoms with Crippen molar-refractivity contribution in [2.45, 2.75) is 32.5 Å². The number of hydrogen-bond donors (Lipinski definition) is 1. The van der Waals surface area contributed by atoms with Crippen molar-refractivity contribution in [3.05, 3.63) is 30.1 Å². The van der Waals surface area contributed by atoms with Gasteiger partial charge in [0.25, 0.3) is 0 Å². The number of nitrogens with two attached hydrogens (primary N) is 1. The molecule has 2 heterocycles. The van der Waals surface area contributed by atoms with Gasteiger partial charge in [-0.05, 0) is 44.5 Å². The van der Waals surface area contributed by atoms with E-state index in [9.17, 15) is 4.39 Å². The number of nitrogens with zero attached hydrogens (tertiary/aromatic N) is 4. The van der Waals surface area contributed by atoms with Crippen LogP contribution in [0.25, 0.3) is 0 Å². The lowest BCUT2D eigenvalue weighted by Gasteiger charge is -2.36. The fraction of sp³-hybridized carbons (Fsp3) is 0.650. The average Bonchev–Trinajstić information content (AvgIpc) is 2.65. The Morgan fingerprint density at radius 2 is 1.71 bits per heavy atom. The lowest BCUT2D eigenvalue weighted by atomic mass is 10.2. The lowest BCUT2D eigenvalue weighted by Crippen LogP contribution is -2.51. The molecule has 0 radical (unpaired) electrons. The van der Waals surface area contributed by atoms with E-state index in [2.05, 4.69) is 33.5 Å². The smallest absolute Gasteiger partial charge is 0.191 e. The van der Waals surface area contributed by atoms with Crippen LogP contribution in [0.5, 0.6) is 0 Å². The molecule has 2 aliphatic heterocycles. The average molecular weight is 505 g/mol. The largest absolute Gasteiger partial charge is 0.373 e. The van der Waals surface area contributed by atoms with E-state index in [1.54, 1.807) is 0 Å². The normalized spacial score (nSPS) is 24.2. The minimum atomic E-state index is -0.199. The van der Waals surface area contributed by atoms with Crippen LogP contribution in [0.3, 0.4) is 0 Å². The first-order chi connectivity index (χ1) is 13.0. The number of aliphatic imine (C=N–C) groups is 1. The van der Waals surface area contributed by atoms with Gasteiger partial charge in [0.15, 0.2) is 5.96 Å². The SMILES string of the molecule is CC1CN(CCCN=C(N)N2CCN(c3ccc(F)cc3)CC2)CC(C)O1.I. The summed E-state index contributed by atoms with van der Waals surface area (Å²) < 4.78 is 18.8. The van der Waals surface area contributed by atoms with Crippen molar-refractivity contribution in [2.24, 2.45) is 10.7 Å². The number of hydrogen-bond acceptors (Lipinski definition) is 4. The third kappa shape index (κ3) is 6.73. The molecule has 8 heteroatoms. The Hall–Kier alpha value is -1.13. The molecule has 0 amide bonds. The van der Waals surface area contributed by atoms with Crippen molar-refractivity contribution in [2.75, 3.05) is 57.3 Å². The van der Waals surface area contributed by atoms with Crippen LogP contribution in [-0.4, -0.2) is 80.3 Å². The summed E-state index contributed by atoms with van der Waals surface area (Å²) in [5.74, 6) is 0.437. The molecule has 2 atom stereocenters. The van der Waals surface area contributed by atoms with Crippen molar-refractivity contribution in [1.82, 2.24) is 9.80 Å². The van der Waals surface area contributed by atoms with Crippen molar-refractivity contribution < 1.29 is 9.13 Å². The zero-order valence-corrected chi connectivity index (χ0v) is 19.2. The van der Waals surface area contributed by atoms with Crippen LogP contribution in [0.1, 0.15) is 20.3 Å². The van der Waals surface area contributed by atoms with Gasteiger partial charge in [-0.3, -0.25) is 9.89 Å². The molecule has 6 nitrogen and oxygen atoms in total. The number of piperazine rings is 1. The number of halogens is 2. The Balaban J connectivity index is 0.00000280. The Kier molecular flexibility index (Phi) is 9.23. The maximum absolute atomic E-state index is 13.1. The summed E-state index contributed by atoms with van der Waals surface area (Å²) in [6, 6.07) is 6.67. The second-order valence-corrected chi connectivity index (χ2v) is 7.56. The number of rotatable bonds is 5. The molecule has 158 valence electrons. The van der Waals surface area contributed by atoms with E-state index in [4.69, 9.17) is 10.5 Å². The first-order valence-electron chi connectivity index (χ1n) is 9.94. The number of anilines is 1. The lowest BCUT2D eigenvalue weighted by molar-refractivity contribution is -0.0679. The van der Waals surface area contributed by atoms with E-state index in [1.165, 1.54) is 12.1 Å². The topological polar surface area (TPSA) is 57.3 Å². The van der Waals surface area contributed by atoms with Gasteiger partial charge < -0.3 is 20.3 Å². The van der Waals surface area contributed by atoms with Crippen molar-refractivity contribution in [3.63, 3.8) is 0 Å². The zero-order chi connectivity index (χ0) is 19.2. The van der Waals surface area contributed by atoms with Crippen LogP contribution in [0.4, 0.5) is 10.1 Å². The van der Waals surface area contributed by atoms with E-state index < -0.39 is 0 Å². The van der Waals surface area contributed by atoms with Crippen molar-refractivity contribution >= 4 is 35.6 Å². The highest BCUT2D eigenvalue weighted by atomic mass is 127. The van der Waals surface area contributed by atoms with Gasteiger partial charge >= 0.3 is 0 Å². The maximum atomic E-state index is 13.1. The van der Waals surface area contributed by atoms with E-state index in [0.717, 1.165) is 64.5 Å². The van der Waals surface area contributed by atoms with Crippen LogP contribution in [0, 0.1) is 5.82 Å². The molecule has 2 fully saturated rings. The number of guanidine groups is 1. The monoisotopic (exact) mass is 505 g/mol. The van der Waals surface area contributed by atoms with Crippen molar-refractivity contribution in [3.8, 4) is 0 Å². The van der Waals surface area contributed by atoms with Gasteiger partial charge in [-0.2, -0.15) is 0 Å². The van der Waals surface area contributed by atoms with Gasteiger partial charge in [0, 0.05) is 58.0 Å². The van der Waals surface area contributed by atoms with E-state index >= 15 is 0 Å². The highest BCUT2D eigenvalue weighted by Gasteiger charge is 2.21. The molecule has 0 spiro atoms. The van der Waals surface area contributed by atoms with Crippen LogP contribution >= 0.6 is 24.0 Å². The molecule has 2 saturated heterocycles. The van der Waals surface area contributed by atoms with Crippen molar-refractivity contribution in [1.29, 1.82) is 0 Å². The summed E-state index contributed by atoms with van der Waals surface area (Å²) in [5.41, 5.74) is 7.25. The predicted octanol–water partition coefficient (Wildman–Crippen LogP) is 2.38. The Morgan fingerprint density at radius 1 is 1.11 bits per heavy atom. The third-order valence-corrected chi connectivity index (χ3v) is 5.20. The summed E-state index contributed by atoms with van der Waals surface area (Å²) in [5, 5.41) is 0. The quantitative estimate of drug-likeness (QED) is 0.288. The molecule has 28 heavy (non-hydrogen) atoms. The minimum Gasteiger partial charge on any atom is -0.373 e. The van der Waals surface area contributed by atoms with Gasteiger partial charge in [-0.1, -0.05) is 0 Å². The summed E-state index contributed by atoms with van der Waals surface area (Å²) >= 11 is 0. The highest BCUT2D eigenvalue weighted by molar-refractivity contribution is 14.0. The maximum Gasteiger partial charge on any atom is 0.191 e. The fourth-order valence-electron chi connectivity index (χ4n) is 3.90. The van der Waals surface area contributed by atoms with E-state index in [1.807, 2.05) is 12.1 Å². The van der Waals surface area contributed by atoms with Crippen LogP contribution < -0.4 is 10.6 Å². The third-order valence-electron chi connectivity index (χ3n) is 5.20. The molecule has 3 rings (SSSR count). The number of ether oxygens (including phenoxy) is 1. The Bertz CT molecular complexity index is 612. The summed E-state index contributed by atoms with van der Waals surface area (Å²) in [4.78, 5) is 11.4. The molecular formula is C20H33FIN5O. The number of morpholine rings is 1. The van der Waals surface area contributed by atoms with Gasteiger partial charge in [-0.25, -0.2) is 4.39 Å². The van der Waals surface area contributed by atoms with E-state index in [0.29, 0.717) is 18.2 Å². The summed E-state index contributed by atoms with van der Waals surface area (Å²) in [6.45, 7) is 11.4. The Labute approximate surface area is 184 Å². The molecule has 2 aliphatic rings. The first-order valence-corrected chi connectivity index (χ1v) is 9.94. The van der Waals surface area contributed by atoms with Crippen LogP contribution in [0.15, 0.2) is 29.3 Å². The summed E-state index contributed by atoms with van der Waals surface area (Å²) in [7, 11) is 0. The minimum absolute atomic E-state index is 0. The molecule has 0 bridgehead atoms. The molecule has 2 N–H and O–H groups in total. The van der Waals surface area contributed by atoms with Gasteiger partial charge in [0.2, 0.25) is 0 Å². The molecule has 0 aliphatic carbocycles. The predicted molar refractivity (Wildman–Crippen MR) is 123 cm³/mol. The van der Waals surface area contributed by atoms with E-state index in [-0.39, 0.29) is 29.8 Å². The molecule has 1 aromatic carbocycles. The van der Waals surface area contributed by atoms with Crippen LogP contribution in [0.2, 0.25) is 0 Å². The Morgan fingerprint density at radius 3 is 2.32 bits per heavy atom. The number of benzene rings is 1. The summed E-state index contributed by atoms with van der Waals surface area (Å²) in [6.07, 6.45) is 1.62. The second-order valence-electron chi connectivity index (χ2n) is 7.56.